The molecule has 4 aliphatic heterocycles. The van der Waals surface area contributed by atoms with Crippen LogP contribution in [-0.4, -0.2) is 57.0 Å². The maximum atomic E-state index is 12.6. The van der Waals surface area contributed by atoms with Crippen LogP contribution in [0.1, 0.15) is 65.7 Å². The second-order valence-corrected chi connectivity index (χ2v) is 11.1. The molecule has 2 bridgehead atoms. The number of fused-ring (bicyclic) bond motifs is 2. The van der Waals surface area contributed by atoms with Crippen molar-refractivity contribution in [2.75, 3.05) is 6.61 Å². The number of aromatic nitrogens is 2. The van der Waals surface area contributed by atoms with E-state index in [-0.39, 0.29) is 43.0 Å². The highest BCUT2D eigenvalue weighted by Crippen LogP contribution is 2.60. The normalized spacial score (nSPS) is 37.7. The largest absolute Gasteiger partial charge is 0.466 e. The minimum atomic E-state index is -0.914. The summed E-state index contributed by atoms with van der Waals surface area (Å²) >= 11 is 0. The SMILES string of the molecule is C[C@H]1[C@H](OC(=O)CCC(=O)OCCCn2cnc([N+](=O)[O-])c2)O[C@@H]2O[C@@]3(C)CC[C@H]4[C@H](C)CC[C@@H]1[C@@]24OO3. The van der Waals surface area contributed by atoms with Crippen molar-refractivity contribution in [2.45, 2.75) is 96.2 Å². The van der Waals surface area contributed by atoms with Gasteiger partial charge in [0, 0.05) is 24.8 Å². The summed E-state index contributed by atoms with van der Waals surface area (Å²) in [4.78, 5) is 50.4. The Bertz CT molecular complexity index is 1060. The summed E-state index contributed by atoms with van der Waals surface area (Å²) in [5, 5.41) is 10.7. The summed E-state index contributed by atoms with van der Waals surface area (Å²) in [5.74, 6) is -1.70. The first-order chi connectivity index (χ1) is 18.1. The van der Waals surface area contributed by atoms with Gasteiger partial charge in [-0.1, -0.05) is 13.8 Å². The van der Waals surface area contributed by atoms with Gasteiger partial charge in [-0.05, 0) is 54.4 Å². The van der Waals surface area contributed by atoms with Crippen molar-refractivity contribution in [1.82, 2.24) is 9.55 Å². The molecule has 1 aliphatic carbocycles. The fourth-order valence-electron chi connectivity index (χ4n) is 6.47. The number of carbonyl (C=O) groups excluding carboxylic acids is 2. The Morgan fingerprint density at radius 1 is 1.18 bits per heavy atom. The standard InChI is InChI=1S/C25H35N3O10/c1-15-5-6-18-16(2)22(35-23-25(18)17(15)9-10-24(3,36-23)37-38-25)34-21(30)8-7-20(29)33-12-4-11-27-13-19(26-14-27)28(31)32/h13-18,22-23H,4-12H2,1-3H3/t15-,16-,17+,18+,22-,23-,24-,25-/m1/s1. The second kappa shape index (κ2) is 10.5. The van der Waals surface area contributed by atoms with Gasteiger partial charge in [-0.3, -0.25) is 9.59 Å². The number of hydrogen-bond donors (Lipinski definition) is 0. The molecule has 0 N–H and O–H groups in total. The zero-order chi connectivity index (χ0) is 27.1. The van der Waals surface area contributed by atoms with Crippen LogP contribution in [0.15, 0.2) is 12.5 Å². The van der Waals surface area contributed by atoms with Crippen molar-refractivity contribution in [2.24, 2.45) is 23.7 Å². The molecule has 1 aromatic rings. The molecule has 13 heteroatoms. The lowest BCUT2D eigenvalue weighted by atomic mass is 9.58. The molecule has 8 atom stereocenters. The molecular weight excluding hydrogens is 502 g/mol. The number of ether oxygens (including phenoxy) is 4. The van der Waals surface area contributed by atoms with Crippen LogP contribution < -0.4 is 0 Å². The van der Waals surface area contributed by atoms with Crippen LogP contribution in [0.3, 0.4) is 0 Å². The van der Waals surface area contributed by atoms with Crippen LogP contribution in [-0.2, 0) is 44.9 Å². The van der Waals surface area contributed by atoms with Gasteiger partial charge in [-0.2, -0.15) is 0 Å². The number of nitrogens with zero attached hydrogens (tertiary/aromatic N) is 3. The minimum Gasteiger partial charge on any atom is -0.466 e. The van der Waals surface area contributed by atoms with E-state index in [1.54, 1.807) is 4.57 Å². The fraction of sp³-hybridized carbons (Fsp3) is 0.800. The maximum Gasteiger partial charge on any atom is 0.381 e. The van der Waals surface area contributed by atoms with Crippen molar-refractivity contribution in [3.63, 3.8) is 0 Å². The number of carbonyl (C=O) groups is 2. The van der Waals surface area contributed by atoms with Crippen LogP contribution in [0.25, 0.3) is 0 Å². The van der Waals surface area contributed by atoms with Gasteiger partial charge in [-0.25, -0.2) is 9.78 Å². The van der Waals surface area contributed by atoms with E-state index < -0.39 is 40.8 Å². The van der Waals surface area contributed by atoms with Crippen LogP contribution in [0.2, 0.25) is 0 Å². The molecule has 210 valence electrons. The molecule has 5 fully saturated rings. The summed E-state index contributed by atoms with van der Waals surface area (Å²) in [5.41, 5.74) is -0.735. The van der Waals surface area contributed by atoms with Crippen molar-refractivity contribution in [1.29, 1.82) is 0 Å². The van der Waals surface area contributed by atoms with Gasteiger partial charge in [0.2, 0.25) is 18.4 Å². The van der Waals surface area contributed by atoms with E-state index in [9.17, 15) is 19.7 Å². The van der Waals surface area contributed by atoms with E-state index in [0.29, 0.717) is 25.3 Å². The molecule has 0 amide bonds. The number of hydrogen-bond acceptors (Lipinski definition) is 11. The smallest absolute Gasteiger partial charge is 0.381 e. The average Bonchev–Trinajstić information content (AvgIpc) is 3.24. The third-order valence-electron chi connectivity index (χ3n) is 8.51. The minimum absolute atomic E-state index is 0.0322. The van der Waals surface area contributed by atoms with Gasteiger partial charge in [-0.15, -0.1) is 0 Å². The molecular formula is C25H35N3O10. The van der Waals surface area contributed by atoms with Gasteiger partial charge in [0.25, 0.3) is 0 Å². The zero-order valence-corrected chi connectivity index (χ0v) is 21.9. The van der Waals surface area contributed by atoms with E-state index in [1.165, 1.54) is 12.5 Å². The molecule has 5 aliphatic rings. The van der Waals surface area contributed by atoms with Crippen LogP contribution in [0, 0.1) is 33.8 Å². The Labute approximate surface area is 220 Å². The van der Waals surface area contributed by atoms with E-state index in [1.807, 2.05) is 13.8 Å². The van der Waals surface area contributed by atoms with Crippen LogP contribution in [0.5, 0.6) is 0 Å². The number of imidazole rings is 1. The Kier molecular flexibility index (Phi) is 7.46. The number of nitro groups is 1. The lowest BCUT2D eigenvalue weighted by molar-refractivity contribution is -0.576. The Hall–Kier alpha value is -2.61. The first-order valence-electron chi connectivity index (χ1n) is 13.3. The van der Waals surface area contributed by atoms with Gasteiger partial charge < -0.3 is 33.6 Å². The molecule has 1 spiro atoms. The quantitative estimate of drug-likeness (QED) is 0.150. The highest BCUT2D eigenvalue weighted by Gasteiger charge is 2.69. The fourth-order valence-corrected chi connectivity index (χ4v) is 6.47. The topological polar surface area (TPSA) is 150 Å². The highest BCUT2D eigenvalue weighted by molar-refractivity contribution is 5.77. The number of esters is 2. The summed E-state index contributed by atoms with van der Waals surface area (Å²) in [6.45, 7) is 6.59. The molecule has 13 nitrogen and oxygen atoms in total. The molecule has 1 aromatic heterocycles. The van der Waals surface area contributed by atoms with E-state index in [2.05, 4.69) is 11.9 Å². The number of rotatable bonds is 9. The highest BCUT2D eigenvalue weighted by atomic mass is 17.3. The summed E-state index contributed by atoms with van der Waals surface area (Å²) < 4.78 is 24.9. The Morgan fingerprint density at radius 2 is 1.97 bits per heavy atom. The number of aryl methyl sites for hydroxylation is 1. The monoisotopic (exact) mass is 537 g/mol. The van der Waals surface area contributed by atoms with E-state index >= 15 is 0 Å². The van der Waals surface area contributed by atoms with Gasteiger partial charge >= 0.3 is 17.8 Å². The predicted octanol–water partition coefficient (Wildman–Crippen LogP) is 3.26. The predicted molar refractivity (Wildman–Crippen MR) is 127 cm³/mol. The van der Waals surface area contributed by atoms with Crippen LogP contribution >= 0.6 is 0 Å². The molecule has 0 unspecified atom stereocenters. The van der Waals surface area contributed by atoms with Crippen molar-refractivity contribution < 1.29 is 43.2 Å². The van der Waals surface area contributed by atoms with Crippen molar-refractivity contribution in [3.8, 4) is 0 Å². The summed E-state index contributed by atoms with van der Waals surface area (Å²) in [6, 6.07) is 0. The molecule has 5 heterocycles. The van der Waals surface area contributed by atoms with E-state index in [0.717, 1.165) is 19.3 Å². The summed E-state index contributed by atoms with van der Waals surface area (Å²) in [6.07, 6.45) is 4.85. The van der Waals surface area contributed by atoms with Gasteiger partial charge in [0.15, 0.2) is 11.9 Å². The zero-order valence-electron chi connectivity index (χ0n) is 21.9. The van der Waals surface area contributed by atoms with E-state index in [4.69, 9.17) is 28.7 Å². The van der Waals surface area contributed by atoms with Gasteiger partial charge in [0.1, 0.15) is 6.20 Å². The molecule has 1 saturated carbocycles. The van der Waals surface area contributed by atoms with Crippen molar-refractivity contribution in [3.05, 3.63) is 22.6 Å². The third-order valence-corrected chi connectivity index (χ3v) is 8.51. The average molecular weight is 538 g/mol. The second-order valence-electron chi connectivity index (χ2n) is 11.1. The lowest BCUT2D eigenvalue weighted by Gasteiger charge is -2.59. The molecule has 0 radical (unpaired) electrons. The lowest BCUT2D eigenvalue weighted by Crippen LogP contribution is -2.70. The summed E-state index contributed by atoms with van der Waals surface area (Å²) in [7, 11) is 0. The first-order valence-corrected chi connectivity index (χ1v) is 13.3. The van der Waals surface area contributed by atoms with Crippen molar-refractivity contribution >= 4 is 17.8 Å². The first kappa shape index (κ1) is 27.0. The molecule has 38 heavy (non-hydrogen) atoms. The van der Waals surface area contributed by atoms with Gasteiger partial charge in [0.05, 0.1) is 19.4 Å². The Morgan fingerprint density at radius 3 is 2.74 bits per heavy atom. The Balaban J connectivity index is 1.10. The third kappa shape index (κ3) is 5.04. The molecule has 0 aromatic carbocycles. The van der Waals surface area contributed by atoms with Crippen LogP contribution in [0.4, 0.5) is 5.82 Å². The maximum absolute atomic E-state index is 12.6. The molecule has 4 saturated heterocycles. The molecule has 6 rings (SSSR count).